The second-order valence-electron chi connectivity index (χ2n) is 2.94. The minimum atomic E-state index is -1.48. The van der Waals surface area contributed by atoms with Gasteiger partial charge < -0.3 is 35.9 Å². The van der Waals surface area contributed by atoms with Gasteiger partial charge >= 0.3 is 0 Å². The van der Waals surface area contributed by atoms with Gasteiger partial charge in [0.1, 0.15) is 18.3 Å². The van der Waals surface area contributed by atoms with Crippen LogP contribution in [0.2, 0.25) is 0 Å². The van der Waals surface area contributed by atoms with Gasteiger partial charge in [-0.1, -0.05) is 0 Å². The summed E-state index contributed by atoms with van der Waals surface area (Å²) in [7, 11) is 0. The molecule has 7 nitrogen and oxygen atoms in total. The SMILES string of the molecule is [O-][NH2+][C@H]1C(O)O[C@H](CO)[C@@H](O)[C@@H]1O. The van der Waals surface area contributed by atoms with Crippen LogP contribution in [0.5, 0.6) is 0 Å². The molecule has 13 heavy (non-hydrogen) atoms. The fourth-order valence-electron chi connectivity index (χ4n) is 1.27. The zero-order valence-electron chi connectivity index (χ0n) is 6.78. The van der Waals surface area contributed by atoms with Gasteiger partial charge in [0.05, 0.1) is 6.61 Å². The predicted molar refractivity (Wildman–Crippen MR) is 39.1 cm³/mol. The first-order chi connectivity index (χ1) is 6.11. The number of hydrogen-bond donors (Lipinski definition) is 5. The molecule has 7 heteroatoms. The van der Waals surface area contributed by atoms with Crippen LogP contribution in [0.3, 0.4) is 0 Å². The van der Waals surface area contributed by atoms with E-state index in [1.807, 2.05) is 0 Å². The Kier molecular flexibility index (Phi) is 3.56. The molecule has 1 aliphatic heterocycles. The molecule has 0 aromatic carbocycles. The average molecular weight is 195 g/mol. The van der Waals surface area contributed by atoms with Crippen molar-refractivity contribution in [1.82, 2.24) is 0 Å². The zero-order valence-corrected chi connectivity index (χ0v) is 6.78. The molecule has 0 amide bonds. The van der Waals surface area contributed by atoms with Crippen molar-refractivity contribution in [2.75, 3.05) is 6.61 Å². The minimum absolute atomic E-state index is 0.312. The third-order valence-electron chi connectivity index (χ3n) is 2.11. The maximum absolute atomic E-state index is 10.3. The highest BCUT2D eigenvalue weighted by Crippen LogP contribution is 2.17. The van der Waals surface area contributed by atoms with Crippen LogP contribution in [-0.2, 0) is 4.74 Å². The zero-order chi connectivity index (χ0) is 10.0. The van der Waals surface area contributed by atoms with E-state index < -0.39 is 37.3 Å². The standard InChI is InChI=1S/C6H13NO6/c8-1-2-4(9)5(10)3(7-12)6(11)13-2/h2-6,8-11H,1,7H2/t2-,3-,4-,5-,6?/m1/s1. The number of rotatable bonds is 2. The van der Waals surface area contributed by atoms with E-state index in [1.165, 1.54) is 0 Å². The van der Waals surface area contributed by atoms with Gasteiger partial charge in [-0.3, -0.25) is 0 Å². The summed E-state index contributed by atoms with van der Waals surface area (Å²) < 4.78 is 4.69. The summed E-state index contributed by atoms with van der Waals surface area (Å²) in [4.78, 5) is 0. The Balaban J connectivity index is 2.66. The van der Waals surface area contributed by atoms with Gasteiger partial charge in [-0.05, 0) is 0 Å². The smallest absolute Gasteiger partial charge is 0.211 e. The maximum atomic E-state index is 10.3. The first-order valence-electron chi connectivity index (χ1n) is 3.87. The first kappa shape index (κ1) is 10.8. The molecule has 78 valence electrons. The second-order valence-corrected chi connectivity index (χ2v) is 2.94. The summed E-state index contributed by atoms with van der Waals surface area (Å²) in [5.74, 6) is 0. The van der Waals surface area contributed by atoms with Crippen molar-refractivity contribution in [3.63, 3.8) is 0 Å². The van der Waals surface area contributed by atoms with E-state index in [0.29, 0.717) is 5.48 Å². The fraction of sp³-hybridized carbons (Fsp3) is 1.00. The summed E-state index contributed by atoms with van der Waals surface area (Å²) in [5.41, 5.74) is 0.312. The van der Waals surface area contributed by atoms with Crippen molar-refractivity contribution in [2.45, 2.75) is 30.6 Å². The molecule has 0 aliphatic carbocycles. The number of nitrogens with two attached hydrogens (primary N) is 1. The van der Waals surface area contributed by atoms with Gasteiger partial charge in [-0.2, -0.15) is 0 Å². The summed E-state index contributed by atoms with van der Waals surface area (Å²) in [6.45, 7) is -0.527. The lowest BCUT2D eigenvalue weighted by atomic mass is 9.98. The molecule has 0 bridgehead atoms. The molecule has 0 aromatic rings. The van der Waals surface area contributed by atoms with Gasteiger partial charge in [-0.15, -0.1) is 0 Å². The first-order valence-corrected chi connectivity index (χ1v) is 3.87. The summed E-state index contributed by atoms with van der Waals surface area (Å²) in [6.07, 6.45) is -5.30. The molecule has 0 radical (unpaired) electrons. The van der Waals surface area contributed by atoms with Crippen molar-refractivity contribution in [2.24, 2.45) is 0 Å². The number of aliphatic hydroxyl groups is 4. The molecule has 1 rings (SSSR count). The van der Waals surface area contributed by atoms with Crippen LogP contribution >= 0.6 is 0 Å². The van der Waals surface area contributed by atoms with Crippen molar-refractivity contribution in [1.29, 1.82) is 0 Å². The highest BCUT2D eigenvalue weighted by molar-refractivity contribution is 4.87. The molecule has 1 heterocycles. The van der Waals surface area contributed by atoms with Crippen LogP contribution in [0.4, 0.5) is 0 Å². The molecule has 1 unspecified atom stereocenters. The maximum Gasteiger partial charge on any atom is 0.211 e. The van der Waals surface area contributed by atoms with Crippen LogP contribution in [0.1, 0.15) is 0 Å². The predicted octanol–water partition coefficient (Wildman–Crippen LogP) is -4.15. The largest absolute Gasteiger partial charge is 0.635 e. The molecule has 1 saturated heterocycles. The molecular weight excluding hydrogens is 182 g/mol. The quantitative estimate of drug-likeness (QED) is 0.284. The van der Waals surface area contributed by atoms with E-state index in [4.69, 9.17) is 10.2 Å². The van der Waals surface area contributed by atoms with E-state index in [1.54, 1.807) is 0 Å². The molecule has 1 fully saturated rings. The molecule has 5 atom stereocenters. The monoisotopic (exact) mass is 195 g/mol. The molecule has 1 aliphatic rings. The van der Waals surface area contributed by atoms with Crippen molar-refractivity contribution in [3.05, 3.63) is 5.21 Å². The van der Waals surface area contributed by atoms with E-state index in [9.17, 15) is 15.4 Å². The topological polar surface area (TPSA) is 130 Å². The Morgan fingerprint density at radius 2 is 1.85 bits per heavy atom. The lowest BCUT2D eigenvalue weighted by molar-refractivity contribution is -0.663. The Morgan fingerprint density at radius 3 is 2.31 bits per heavy atom. The van der Waals surface area contributed by atoms with Gasteiger partial charge in [-0.25, -0.2) is 0 Å². The number of ether oxygens (including phenoxy) is 1. The summed E-state index contributed by atoms with van der Waals surface area (Å²) >= 11 is 0. The lowest BCUT2D eigenvalue weighted by Crippen LogP contribution is -2.92. The van der Waals surface area contributed by atoms with Gasteiger partial charge in [0, 0.05) is 0 Å². The van der Waals surface area contributed by atoms with E-state index in [2.05, 4.69) is 4.74 Å². The van der Waals surface area contributed by atoms with Crippen molar-refractivity contribution in [3.8, 4) is 0 Å². The van der Waals surface area contributed by atoms with Gasteiger partial charge in [0.2, 0.25) is 6.29 Å². The number of aliphatic hydroxyl groups excluding tert-OH is 4. The van der Waals surface area contributed by atoms with Gasteiger partial charge in [0.25, 0.3) is 0 Å². The second kappa shape index (κ2) is 4.29. The molecular formula is C6H13NO6. The van der Waals surface area contributed by atoms with E-state index in [0.717, 1.165) is 0 Å². The highest BCUT2D eigenvalue weighted by Gasteiger charge is 2.44. The summed E-state index contributed by atoms with van der Waals surface area (Å²) in [5, 5.41) is 46.7. The average Bonchev–Trinajstić information content (AvgIpc) is 2.12. The summed E-state index contributed by atoms with van der Waals surface area (Å²) in [6, 6.07) is -1.17. The highest BCUT2D eigenvalue weighted by atomic mass is 16.6. The Labute approximate surface area is 74.1 Å². The normalized spacial score (nSPS) is 46.4. The van der Waals surface area contributed by atoms with Crippen LogP contribution in [0.25, 0.3) is 0 Å². The minimum Gasteiger partial charge on any atom is -0.635 e. The number of hydrogen-bond acceptors (Lipinski definition) is 6. The van der Waals surface area contributed by atoms with E-state index in [-0.39, 0.29) is 0 Å². The number of hydroxylamine groups is 1. The van der Waals surface area contributed by atoms with E-state index >= 15 is 0 Å². The molecule has 0 spiro atoms. The Bertz CT molecular complexity index is 167. The molecule has 0 aromatic heterocycles. The van der Waals surface area contributed by atoms with Crippen molar-refractivity contribution >= 4 is 0 Å². The Morgan fingerprint density at radius 1 is 1.23 bits per heavy atom. The van der Waals surface area contributed by atoms with Crippen LogP contribution < -0.4 is 5.48 Å². The Hall–Kier alpha value is -0.280. The van der Waals surface area contributed by atoms with Crippen molar-refractivity contribution < 1.29 is 30.6 Å². The van der Waals surface area contributed by atoms with Gasteiger partial charge in [0.15, 0.2) is 6.04 Å². The lowest BCUT2D eigenvalue weighted by Gasteiger charge is -2.38. The third-order valence-corrected chi connectivity index (χ3v) is 2.11. The fourth-order valence-corrected chi connectivity index (χ4v) is 1.27. The molecule has 0 saturated carbocycles. The van der Waals surface area contributed by atoms with Crippen LogP contribution in [0.15, 0.2) is 0 Å². The van der Waals surface area contributed by atoms with Crippen LogP contribution in [-0.4, -0.2) is 57.7 Å². The third kappa shape index (κ3) is 1.97. The number of quaternary nitrogens is 1. The van der Waals surface area contributed by atoms with Crippen LogP contribution in [0, 0.1) is 5.21 Å². The molecule has 6 N–H and O–H groups in total.